The number of hydrogen-bond donors (Lipinski definition) is 3. The van der Waals surface area contributed by atoms with Gasteiger partial charge in [0.05, 0.1) is 29.5 Å². The fourth-order valence-electron chi connectivity index (χ4n) is 7.20. The van der Waals surface area contributed by atoms with Crippen molar-refractivity contribution in [2.24, 2.45) is 0 Å². The van der Waals surface area contributed by atoms with Gasteiger partial charge in [-0.15, -0.1) is 0 Å². The first kappa shape index (κ1) is 27.9. The molecule has 0 radical (unpaired) electrons. The number of carbonyl (C=O) groups is 1. The molecule has 0 aromatic heterocycles. The van der Waals surface area contributed by atoms with Gasteiger partial charge in [0.25, 0.3) is 5.91 Å². The van der Waals surface area contributed by atoms with Gasteiger partial charge in [0, 0.05) is 37.0 Å². The molecule has 1 saturated heterocycles. The zero-order chi connectivity index (χ0) is 29.2. The Labute approximate surface area is 238 Å². The number of alkyl halides is 3. The van der Waals surface area contributed by atoms with E-state index >= 15 is 0 Å². The maximum absolute atomic E-state index is 14.2. The van der Waals surface area contributed by atoms with Crippen LogP contribution in [0.25, 0.3) is 0 Å². The van der Waals surface area contributed by atoms with Crippen molar-refractivity contribution in [1.82, 2.24) is 10.2 Å². The Morgan fingerprint density at radius 2 is 1.93 bits per heavy atom. The third-order valence-electron chi connectivity index (χ3n) is 9.73. The summed E-state index contributed by atoms with van der Waals surface area (Å²) < 4.78 is 48.8. The Balaban J connectivity index is 1.32. The molecule has 0 atom stereocenters. The van der Waals surface area contributed by atoms with Crippen molar-refractivity contribution in [2.45, 2.75) is 87.7 Å². The summed E-state index contributed by atoms with van der Waals surface area (Å²) in [7, 11) is 1.67. The first-order valence-electron chi connectivity index (χ1n) is 14.3. The van der Waals surface area contributed by atoms with Crippen LogP contribution in [0.2, 0.25) is 0 Å². The van der Waals surface area contributed by atoms with Crippen molar-refractivity contribution in [1.29, 1.82) is 10.8 Å². The smallest absolute Gasteiger partial charge is 0.375 e. The van der Waals surface area contributed by atoms with Gasteiger partial charge in [-0.3, -0.25) is 15.6 Å². The molecule has 7 nitrogen and oxygen atoms in total. The van der Waals surface area contributed by atoms with Crippen LogP contribution in [0.1, 0.15) is 84.5 Å². The van der Waals surface area contributed by atoms with Gasteiger partial charge in [0.15, 0.2) is 0 Å². The Bertz CT molecular complexity index is 1400. The molecule has 3 N–H and O–H groups in total. The molecule has 0 bridgehead atoms. The zero-order valence-electron chi connectivity index (χ0n) is 23.5. The molecule has 2 aliphatic carbocycles. The molecule has 1 amide bonds. The highest BCUT2D eigenvalue weighted by Gasteiger charge is 2.60. The van der Waals surface area contributed by atoms with Crippen molar-refractivity contribution in [2.75, 3.05) is 18.6 Å². The molecule has 218 valence electrons. The highest BCUT2D eigenvalue weighted by Crippen LogP contribution is 2.57. The SMILES string of the molecule is CN(C=N)C(=N)C1(c2cccc(N3Cc4c(cc(CNC5(C)CCC5)cc4C(F)(F)F)C3=O)c2)CC2(CCCO2)C1. The summed E-state index contributed by atoms with van der Waals surface area (Å²) in [6.07, 6.45) is 2.62. The van der Waals surface area contributed by atoms with Crippen LogP contribution in [-0.4, -0.2) is 47.8 Å². The minimum absolute atomic E-state index is 0.000502. The van der Waals surface area contributed by atoms with E-state index in [-0.39, 0.29) is 41.2 Å². The first-order valence-corrected chi connectivity index (χ1v) is 14.3. The molecule has 2 heterocycles. The average Bonchev–Trinajstić information content (AvgIpc) is 3.53. The number of amides is 1. The minimum Gasteiger partial charge on any atom is -0.375 e. The van der Waals surface area contributed by atoms with E-state index in [0.717, 1.165) is 44.0 Å². The Hall–Kier alpha value is -3.24. The van der Waals surface area contributed by atoms with Crippen LogP contribution in [0, 0.1) is 10.8 Å². The number of halogens is 3. The van der Waals surface area contributed by atoms with Crippen molar-refractivity contribution in [3.8, 4) is 0 Å². The van der Waals surface area contributed by atoms with Crippen molar-refractivity contribution in [3.63, 3.8) is 0 Å². The maximum atomic E-state index is 14.2. The van der Waals surface area contributed by atoms with Crippen LogP contribution in [0.3, 0.4) is 0 Å². The van der Waals surface area contributed by atoms with Crippen LogP contribution in [-0.2, 0) is 29.4 Å². The molecule has 2 aromatic carbocycles. The second-order valence-electron chi connectivity index (χ2n) is 12.5. The van der Waals surface area contributed by atoms with E-state index in [1.807, 2.05) is 12.1 Å². The van der Waals surface area contributed by atoms with Crippen LogP contribution >= 0.6 is 0 Å². The van der Waals surface area contributed by atoms with Crippen LogP contribution in [0.4, 0.5) is 18.9 Å². The van der Waals surface area contributed by atoms with E-state index in [2.05, 4.69) is 12.2 Å². The van der Waals surface area contributed by atoms with E-state index in [4.69, 9.17) is 15.6 Å². The van der Waals surface area contributed by atoms with E-state index in [1.165, 1.54) is 15.9 Å². The Morgan fingerprint density at radius 1 is 1.17 bits per heavy atom. The lowest BCUT2D eigenvalue weighted by Crippen LogP contribution is -2.61. The molecule has 2 aromatic rings. The molecular formula is C31H36F3N5O2. The molecule has 41 heavy (non-hydrogen) atoms. The molecule has 1 spiro atoms. The van der Waals surface area contributed by atoms with Crippen LogP contribution in [0.15, 0.2) is 36.4 Å². The maximum Gasteiger partial charge on any atom is 0.416 e. The highest BCUT2D eigenvalue weighted by atomic mass is 19.4. The summed E-state index contributed by atoms with van der Waals surface area (Å²) in [5.41, 5.74) is -0.0108. The van der Waals surface area contributed by atoms with Crippen molar-refractivity contribution in [3.05, 3.63) is 64.2 Å². The Kier molecular flexibility index (Phi) is 6.57. The molecule has 10 heteroatoms. The van der Waals surface area contributed by atoms with Crippen LogP contribution < -0.4 is 10.2 Å². The highest BCUT2D eigenvalue weighted by molar-refractivity contribution is 6.10. The lowest BCUT2D eigenvalue weighted by Gasteiger charge is -2.55. The Morgan fingerprint density at radius 3 is 2.54 bits per heavy atom. The predicted octanol–water partition coefficient (Wildman–Crippen LogP) is 5.99. The third-order valence-corrected chi connectivity index (χ3v) is 9.73. The number of hydrogen-bond acceptors (Lipinski definition) is 5. The normalized spacial score (nSPS) is 26.5. The van der Waals surface area contributed by atoms with E-state index in [1.54, 1.807) is 25.2 Å². The molecule has 2 saturated carbocycles. The number of nitrogens with one attached hydrogen (secondary N) is 3. The summed E-state index contributed by atoms with van der Waals surface area (Å²) in [5, 5.41) is 20.0. The molecule has 6 rings (SSSR count). The molecule has 4 aliphatic rings. The number of rotatable bonds is 7. The number of anilines is 1. The van der Waals surface area contributed by atoms with Crippen molar-refractivity contribution >= 4 is 23.8 Å². The van der Waals surface area contributed by atoms with E-state index < -0.39 is 23.1 Å². The van der Waals surface area contributed by atoms with Crippen molar-refractivity contribution < 1.29 is 22.7 Å². The van der Waals surface area contributed by atoms with Crippen LogP contribution in [0.5, 0.6) is 0 Å². The lowest BCUT2D eigenvalue weighted by atomic mass is 9.54. The summed E-state index contributed by atoms with van der Waals surface area (Å²) in [6, 6.07) is 10.0. The van der Waals surface area contributed by atoms with E-state index in [0.29, 0.717) is 30.7 Å². The van der Waals surface area contributed by atoms with E-state index in [9.17, 15) is 18.0 Å². The quantitative estimate of drug-likeness (QED) is 0.283. The number of benzene rings is 2. The molecule has 3 fully saturated rings. The summed E-state index contributed by atoms with van der Waals surface area (Å²) in [6.45, 7) is 2.85. The first-order chi connectivity index (χ1) is 19.4. The standard InChI is InChI=1S/C31H36F3N5O2/c1-28(8-4-9-28)37-15-20-12-23-24(25(13-20)31(32,33)34)16-39(26(23)40)22-7-3-6-21(14-22)30(27(36)38(2)19-35)17-29(18-30)10-5-11-41-29/h3,6-7,12-14,19,35-37H,4-5,8-11,15-18H2,1-2H3. The van der Waals surface area contributed by atoms with Gasteiger partial charge in [0.2, 0.25) is 0 Å². The summed E-state index contributed by atoms with van der Waals surface area (Å²) in [4.78, 5) is 16.6. The lowest BCUT2D eigenvalue weighted by molar-refractivity contribution is -0.138. The zero-order valence-corrected chi connectivity index (χ0v) is 23.5. The number of fused-ring (bicyclic) bond motifs is 1. The second-order valence-corrected chi connectivity index (χ2v) is 12.5. The fourth-order valence-corrected chi connectivity index (χ4v) is 7.20. The monoisotopic (exact) mass is 567 g/mol. The van der Waals surface area contributed by atoms with Gasteiger partial charge in [-0.25, -0.2) is 0 Å². The third kappa shape index (κ3) is 4.65. The molecule has 0 unspecified atom stereocenters. The van der Waals surface area contributed by atoms with Gasteiger partial charge in [0.1, 0.15) is 5.84 Å². The average molecular weight is 568 g/mol. The number of nitrogens with zero attached hydrogens (tertiary/aromatic N) is 2. The van der Waals surface area contributed by atoms with Gasteiger partial charge in [-0.05, 0) is 92.8 Å². The van der Waals surface area contributed by atoms with Gasteiger partial charge in [-0.1, -0.05) is 12.1 Å². The minimum atomic E-state index is -4.59. The largest absolute Gasteiger partial charge is 0.416 e. The number of carbonyl (C=O) groups excluding carboxylic acids is 1. The van der Waals surface area contributed by atoms with Gasteiger partial charge >= 0.3 is 6.18 Å². The molecular weight excluding hydrogens is 531 g/mol. The number of likely N-dealkylation sites (N-methyl/N-ethyl adjacent to an activating group) is 1. The second kappa shape index (κ2) is 9.66. The van der Waals surface area contributed by atoms with Gasteiger partial charge < -0.3 is 19.9 Å². The summed E-state index contributed by atoms with van der Waals surface area (Å²) >= 11 is 0. The fraction of sp³-hybridized carbons (Fsp3) is 0.516. The summed E-state index contributed by atoms with van der Waals surface area (Å²) in [5.74, 6) is -0.192. The van der Waals surface area contributed by atoms with Gasteiger partial charge in [-0.2, -0.15) is 13.2 Å². The topological polar surface area (TPSA) is 92.5 Å². The number of amidine groups is 1. The number of ether oxygens (including phenoxy) is 1. The predicted molar refractivity (Wildman–Crippen MR) is 151 cm³/mol. The molecule has 2 aliphatic heterocycles.